The van der Waals surface area contributed by atoms with Crippen LogP contribution >= 0.6 is 0 Å². The van der Waals surface area contributed by atoms with Gasteiger partial charge in [-0.3, -0.25) is 0 Å². The molecule has 0 aliphatic heterocycles. The van der Waals surface area contributed by atoms with E-state index in [9.17, 15) is 4.39 Å². The fraction of sp³-hybridized carbons (Fsp3) is 0.200. The average molecular weight is 245 g/mol. The summed E-state index contributed by atoms with van der Waals surface area (Å²) in [5.74, 6) is 0.868. The molecule has 2 nitrogen and oxygen atoms in total. The lowest BCUT2D eigenvalue weighted by Gasteiger charge is -2.11. The van der Waals surface area contributed by atoms with Gasteiger partial charge in [0.15, 0.2) is 5.75 Å². The van der Waals surface area contributed by atoms with Gasteiger partial charge in [-0.15, -0.1) is 0 Å². The number of hydrogen-bond acceptors (Lipinski definition) is 2. The van der Waals surface area contributed by atoms with Crippen molar-refractivity contribution in [3.8, 4) is 11.5 Å². The summed E-state index contributed by atoms with van der Waals surface area (Å²) in [5.41, 5.74) is 8.90. The summed E-state index contributed by atoms with van der Waals surface area (Å²) in [6.45, 7) is 5.74. The molecule has 0 amide bonds. The molecular weight excluding hydrogens is 229 g/mol. The molecule has 18 heavy (non-hydrogen) atoms. The molecule has 2 aromatic carbocycles. The molecule has 0 unspecified atom stereocenters. The van der Waals surface area contributed by atoms with Crippen LogP contribution in [-0.2, 0) is 0 Å². The van der Waals surface area contributed by atoms with Gasteiger partial charge in [-0.25, -0.2) is 4.39 Å². The highest BCUT2D eigenvalue weighted by molar-refractivity contribution is 5.56. The standard InChI is InChI=1S/C15H16FNO/c1-9-4-5-12(6-10(9)2)18-15-7-11(3)13(16)8-14(15)17/h4-8H,17H2,1-3H3. The lowest BCUT2D eigenvalue weighted by Crippen LogP contribution is -1.95. The van der Waals surface area contributed by atoms with E-state index >= 15 is 0 Å². The highest BCUT2D eigenvalue weighted by Crippen LogP contribution is 2.30. The molecule has 2 aromatic rings. The van der Waals surface area contributed by atoms with Gasteiger partial charge in [-0.2, -0.15) is 0 Å². The third kappa shape index (κ3) is 2.45. The van der Waals surface area contributed by atoms with E-state index in [1.54, 1.807) is 13.0 Å². The molecule has 94 valence electrons. The Morgan fingerprint density at radius 3 is 2.33 bits per heavy atom. The predicted octanol–water partition coefficient (Wildman–Crippen LogP) is 4.13. The molecule has 0 aliphatic carbocycles. The lowest BCUT2D eigenvalue weighted by molar-refractivity contribution is 0.481. The molecule has 3 heteroatoms. The Morgan fingerprint density at radius 1 is 0.944 bits per heavy atom. The van der Waals surface area contributed by atoms with Crippen LogP contribution in [0.15, 0.2) is 30.3 Å². The van der Waals surface area contributed by atoms with Gasteiger partial charge in [0.25, 0.3) is 0 Å². The minimum atomic E-state index is -0.320. The Morgan fingerprint density at radius 2 is 1.67 bits per heavy atom. The SMILES string of the molecule is Cc1ccc(Oc2cc(C)c(F)cc2N)cc1C. The second-order valence-corrected chi connectivity index (χ2v) is 4.49. The monoisotopic (exact) mass is 245 g/mol. The number of anilines is 1. The smallest absolute Gasteiger partial charge is 0.150 e. The van der Waals surface area contributed by atoms with Crippen molar-refractivity contribution in [2.75, 3.05) is 5.73 Å². The van der Waals surface area contributed by atoms with Crippen LogP contribution in [0.4, 0.5) is 10.1 Å². The van der Waals surface area contributed by atoms with E-state index in [1.807, 2.05) is 32.0 Å². The second kappa shape index (κ2) is 4.69. The minimum Gasteiger partial charge on any atom is -0.455 e. The third-order valence-electron chi connectivity index (χ3n) is 3.00. The van der Waals surface area contributed by atoms with Gasteiger partial charge in [-0.05, 0) is 55.7 Å². The van der Waals surface area contributed by atoms with Gasteiger partial charge in [-0.1, -0.05) is 6.07 Å². The number of nitrogens with two attached hydrogens (primary N) is 1. The Balaban J connectivity index is 2.34. The first-order valence-electron chi connectivity index (χ1n) is 5.78. The fourth-order valence-electron chi connectivity index (χ4n) is 1.66. The first kappa shape index (κ1) is 12.4. The largest absolute Gasteiger partial charge is 0.455 e. The van der Waals surface area contributed by atoms with Crippen molar-refractivity contribution in [2.24, 2.45) is 0 Å². The van der Waals surface area contributed by atoms with Gasteiger partial charge in [0.05, 0.1) is 5.69 Å². The number of aryl methyl sites for hydroxylation is 3. The Labute approximate surface area is 106 Å². The summed E-state index contributed by atoms with van der Waals surface area (Å²) in [4.78, 5) is 0. The average Bonchev–Trinajstić information content (AvgIpc) is 2.31. The van der Waals surface area contributed by atoms with Gasteiger partial charge in [0.2, 0.25) is 0 Å². The van der Waals surface area contributed by atoms with Gasteiger partial charge in [0, 0.05) is 6.07 Å². The first-order chi connectivity index (χ1) is 8.47. The first-order valence-corrected chi connectivity index (χ1v) is 5.78. The maximum atomic E-state index is 13.3. The molecule has 2 rings (SSSR count). The summed E-state index contributed by atoms with van der Waals surface area (Å²) in [7, 11) is 0. The number of rotatable bonds is 2. The molecule has 0 spiro atoms. The Kier molecular flexibility index (Phi) is 3.24. The van der Waals surface area contributed by atoms with Crippen LogP contribution in [0.25, 0.3) is 0 Å². The van der Waals surface area contributed by atoms with E-state index in [4.69, 9.17) is 10.5 Å². The topological polar surface area (TPSA) is 35.2 Å². The summed E-state index contributed by atoms with van der Waals surface area (Å²) >= 11 is 0. The van der Waals surface area contributed by atoms with Crippen molar-refractivity contribution >= 4 is 5.69 Å². The lowest BCUT2D eigenvalue weighted by atomic mass is 10.1. The van der Waals surface area contributed by atoms with Gasteiger partial charge in [0.1, 0.15) is 11.6 Å². The summed E-state index contributed by atoms with van der Waals surface area (Å²) < 4.78 is 19.0. The quantitative estimate of drug-likeness (QED) is 0.807. The highest BCUT2D eigenvalue weighted by Gasteiger charge is 2.07. The van der Waals surface area contributed by atoms with E-state index in [0.29, 0.717) is 22.7 Å². The molecule has 2 N–H and O–H groups in total. The van der Waals surface area contributed by atoms with Gasteiger partial charge >= 0.3 is 0 Å². The van der Waals surface area contributed by atoms with E-state index in [-0.39, 0.29) is 5.82 Å². The van der Waals surface area contributed by atoms with Crippen molar-refractivity contribution in [1.29, 1.82) is 0 Å². The molecule has 0 atom stereocenters. The molecular formula is C15H16FNO. The van der Waals surface area contributed by atoms with E-state index in [2.05, 4.69) is 0 Å². The molecule has 0 aliphatic rings. The predicted molar refractivity (Wildman–Crippen MR) is 71.5 cm³/mol. The number of halogens is 1. The van der Waals surface area contributed by atoms with Gasteiger partial charge < -0.3 is 10.5 Å². The Hall–Kier alpha value is -2.03. The summed E-state index contributed by atoms with van der Waals surface area (Å²) in [5, 5.41) is 0. The molecule has 0 saturated heterocycles. The van der Waals surface area contributed by atoms with E-state index in [1.165, 1.54) is 11.6 Å². The number of nitrogen functional groups attached to an aromatic ring is 1. The molecule has 0 aromatic heterocycles. The summed E-state index contributed by atoms with van der Waals surface area (Å²) in [6.07, 6.45) is 0. The zero-order valence-electron chi connectivity index (χ0n) is 10.8. The molecule has 0 fully saturated rings. The zero-order chi connectivity index (χ0) is 13.3. The van der Waals surface area contributed by atoms with Crippen molar-refractivity contribution < 1.29 is 9.13 Å². The van der Waals surface area contributed by atoms with E-state index < -0.39 is 0 Å². The third-order valence-corrected chi connectivity index (χ3v) is 3.00. The Bertz CT molecular complexity index is 593. The van der Waals surface area contributed by atoms with Crippen molar-refractivity contribution in [3.05, 3.63) is 52.8 Å². The van der Waals surface area contributed by atoms with E-state index in [0.717, 1.165) is 5.56 Å². The number of benzene rings is 2. The minimum absolute atomic E-state index is 0.302. The molecule has 0 heterocycles. The number of ether oxygens (including phenoxy) is 1. The van der Waals surface area contributed by atoms with Crippen molar-refractivity contribution in [3.63, 3.8) is 0 Å². The maximum Gasteiger partial charge on any atom is 0.150 e. The van der Waals surface area contributed by atoms with Crippen LogP contribution < -0.4 is 10.5 Å². The zero-order valence-corrected chi connectivity index (χ0v) is 10.8. The molecule has 0 saturated carbocycles. The van der Waals surface area contributed by atoms with Crippen LogP contribution in [0.2, 0.25) is 0 Å². The van der Waals surface area contributed by atoms with Crippen molar-refractivity contribution in [2.45, 2.75) is 20.8 Å². The normalized spacial score (nSPS) is 10.4. The van der Waals surface area contributed by atoms with Crippen LogP contribution in [0.1, 0.15) is 16.7 Å². The van der Waals surface area contributed by atoms with Crippen LogP contribution in [-0.4, -0.2) is 0 Å². The summed E-state index contributed by atoms with van der Waals surface area (Å²) in [6, 6.07) is 8.69. The molecule has 0 radical (unpaired) electrons. The fourth-order valence-corrected chi connectivity index (χ4v) is 1.66. The number of hydrogen-bond donors (Lipinski definition) is 1. The van der Waals surface area contributed by atoms with Crippen LogP contribution in [0.3, 0.4) is 0 Å². The second-order valence-electron chi connectivity index (χ2n) is 4.49. The maximum absolute atomic E-state index is 13.3. The van der Waals surface area contributed by atoms with Crippen molar-refractivity contribution in [1.82, 2.24) is 0 Å². The highest BCUT2D eigenvalue weighted by atomic mass is 19.1. The van der Waals surface area contributed by atoms with Crippen LogP contribution in [0, 0.1) is 26.6 Å². The molecule has 0 bridgehead atoms. The van der Waals surface area contributed by atoms with Crippen LogP contribution in [0.5, 0.6) is 11.5 Å².